The number of rotatable bonds is 12. The maximum absolute atomic E-state index is 14.6. The average molecular weight is 767 g/mol. The average Bonchev–Trinajstić information content (AvgIpc) is 3.47. The van der Waals surface area contributed by atoms with Crippen LogP contribution in [-0.4, -0.2) is 35.7 Å². The third-order valence-corrected chi connectivity index (χ3v) is 8.54. The van der Waals surface area contributed by atoms with Crippen molar-refractivity contribution in [3.8, 4) is 5.75 Å². The number of halogens is 8. The van der Waals surface area contributed by atoms with Crippen LogP contribution in [-0.2, 0) is 34.8 Å². The zero-order chi connectivity index (χ0) is 37.7. The van der Waals surface area contributed by atoms with Crippen molar-refractivity contribution in [3.63, 3.8) is 0 Å². The Hall–Kier alpha value is -4.95. The number of aliphatic hydroxyl groups is 1. The van der Waals surface area contributed by atoms with Gasteiger partial charge in [-0.25, -0.2) is 4.99 Å². The van der Waals surface area contributed by atoms with E-state index >= 15 is 0 Å². The summed E-state index contributed by atoms with van der Waals surface area (Å²) < 4.78 is 93.8. The monoisotopic (exact) mass is 765 g/mol. The van der Waals surface area contributed by atoms with E-state index in [1.54, 1.807) is 42.5 Å². The van der Waals surface area contributed by atoms with Gasteiger partial charge < -0.3 is 19.9 Å². The summed E-state index contributed by atoms with van der Waals surface area (Å²) in [5.74, 6) is -0.559. The number of aliphatic imine (C=N–C) groups is 1. The second-order valence-electron chi connectivity index (χ2n) is 11.5. The summed E-state index contributed by atoms with van der Waals surface area (Å²) in [4.78, 5) is 22.2. The number of benzene rings is 4. The van der Waals surface area contributed by atoms with Gasteiger partial charge in [-0.3, -0.25) is 4.79 Å². The number of hydrogen-bond donors (Lipinski definition) is 2. The first-order valence-electron chi connectivity index (χ1n) is 15.4. The molecule has 1 aliphatic rings. The number of nitrogens with zero attached hydrogens (tertiary/aromatic N) is 4. The van der Waals surface area contributed by atoms with Crippen molar-refractivity contribution < 1.29 is 45.7 Å². The molecule has 0 unspecified atom stereocenters. The van der Waals surface area contributed by atoms with E-state index in [4.69, 9.17) is 42.8 Å². The lowest BCUT2D eigenvalue weighted by Crippen LogP contribution is -2.49. The minimum absolute atomic E-state index is 0.0116. The van der Waals surface area contributed by atoms with Crippen LogP contribution >= 0.6 is 23.2 Å². The summed E-state index contributed by atoms with van der Waals surface area (Å²) in [6.07, 6.45) is -11.5. The fourth-order valence-corrected chi connectivity index (χ4v) is 6.03. The summed E-state index contributed by atoms with van der Waals surface area (Å²) in [6, 6.07) is 18.0. The van der Waals surface area contributed by atoms with Gasteiger partial charge in [0.2, 0.25) is 5.90 Å². The molecule has 1 heterocycles. The van der Waals surface area contributed by atoms with Gasteiger partial charge in [0.25, 0.3) is 5.91 Å². The minimum Gasteiger partial charge on any atom is -0.494 e. The van der Waals surface area contributed by atoms with Crippen LogP contribution in [0.1, 0.15) is 45.9 Å². The summed E-state index contributed by atoms with van der Waals surface area (Å²) >= 11 is 12.8. The van der Waals surface area contributed by atoms with E-state index < -0.39 is 53.1 Å². The molecule has 2 N–H and O–H groups in total. The molecule has 4 aromatic carbocycles. The molecule has 0 saturated heterocycles. The van der Waals surface area contributed by atoms with Gasteiger partial charge in [0.1, 0.15) is 5.75 Å². The van der Waals surface area contributed by atoms with Crippen LogP contribution in [0.4, 0.5) is 32.0 Å². The van der Waals surface area contributed by atoms with Crippen LogP contribution in [0.3, 0.4) is 0 Å². The van der Waals surface area contributed by atoms with Gasteiger partial charge in [0.05, 0.1) is 17.7 Å². The maximum Gasteiger partial charge on any atom is 0.416 e. The summed E-state index contributed by atoms with van der Waals surface area (Å²) in [5.41, 5.74) is 4.63. The molecule has 52 heavy (non-hydrogen) atoms. The standard InChI is InChI=1S/C35H27Cl2F6N5O4/c36-25-8-11-27(28(37)17-25)30-33(18-22-4-1-2-5-29(22)47-48-44,46-31(52-30)21-6-9-26(10-7-21)51-13-3-12-49)32(50)45-19-20-14-23(34(38,39)40)16-24(15-20)35(41,42)43/h1-2,4-11,14-17,30,49H,3,12-13,18-19H2,(H,45,50)/t30-,33-/m1/s1. The molecule has 0 fully saturated rings. The van der Waals surface area contributed by atoms with Crippen LogP contribution in [0.15, 0.2) is 95.0 Å². The van der Waals surface area contributed by atoms with E-state index in [-0.39, 0.29) is 52.9 Å². The number of nitrogens with one attached hydrogen (secondary N) is 1. The van der Waals surface area contributed by atoms with Crippen LogP contribution in [0.25, 0.3) is 10.4 Å². The van der Waals surface area contributed by atoms with Gasteiger partial charge in [-0.1, -0.05) is 58.6 Å². The quantitative estimate of drug-likeness (QED) is 0.0489. The van der Waals surface area contributed by atoms with E-state index in [1.807, 2.05) is 0 Å². The zero-order valence-corrected chi connectivity index (χ0v) is 28.2. The second kappa shape index (κ2) is 15.7. The Balaban J connectivity index is 1.64. The second-order valence-corrected chi connectivity index (χ2v) is 12.4. The highest BCUT2D eigenvalue weighted by Crippen LogP contribution is 2.46. The first-order chi connectivity index (χ1) is 24.6. The number of aliphatic hydroxyl groups excluding tert-OH is 1. The molecule has 1 aliphatic heterocycles. The molecule has 17 heteroatoms. The van der Waals surface area contributed by atoms with Gasteiger partial charge in [-0.2, -0.15) is 26.3 Å². The molecule has 1 amide bonds. The van der Waals surface area contributed by atoms with E-state index in [2.05, 4.69) is 15.3 Å². The number of alkyl halides is 6. The Morgan fingerprint density at radius 2 is 1.65 bits per heavy atom. The van der Waals surface area contributed by atoms with Crippen LogP contribution in [0, 0.1) is 0 Å². The smallest absolute Gasteiger partial charge is 0.416 e. The van der Waals surface area contributed by atoms with E-state index in [1.165, 1.54) is 24.3 Å². The fourth-order valence-electron chi connectivity index (χ4n) is 5.53. The first kappa shape index (κ1) is 38.3. The normalized spacial score (nSPS) is 17.2. The lowest BCUT2D eigenvalue weighted by atomic mass is 9.81. The van der Waals surface area contributed by atoms with Gasteiger partial charge in [0, 0.05) is 57.8 Å². The van der Waals surface area contributed by atoms with E-state index in [9.17, 15) is 36.7 Å². The minimum atomic E-state index is -5.11. The Morgan fingerprint density at radius 3 is 2.27 bits per heavy atom. The number of hydrogen-bond acceptors (Lipinski definition) is 6. The molecule has 2 atom stereocenters. The van der Waals surface area contributed by atoms with Crippen molar-refractivity contribution in [3.05, 3.63) is 139 Å². The molecule has 0 spiro atoms. The predicted octanol–water partition coefficient (Wildman–Crippen LogP) is 9.55. The van der Waals surface area contributed by atoms with Crippen molar-refractivity contribution in [2.75, 3.05) is 13.2 Å². The van der Waals surface area contributed by atoms with Crippen molar-refractivity contribution in [1.82, 2.24) is 5.32 Å². The Bertz CT molecular complexity index is 1990. The molecule has 5 rings (SSSR count). The van der Waals surface area contributed by atoms with Crippen LogP contribution < -0.4 is 10.1 Å². The molecular formula is C35H27Cl2F6N5O4. The van der Waals surface area contributed by atoms with Gasteiger partial charge in [-0.15, -0.1) is 0 Å². The lowest BCUT2D eigenvalue weighted by molar-refractivity contribution is -0.143. The molecule has 4 aromatic rings. The lowest BCUT2D eigenvalue weighted by Gasteiger charge is -2.31. The third kappa shape index (κ3) is 8.73. The van der Waals surface area contributed by atoms with Crippen molar-refractivity contribution in [2.24, 2.45) is 10.1 Å². The summed E-state index contributed by atoms with van der Waals surface area (Å²) in [7, 11) is 0. The molecule has 272 valence electrons. The first-order valence-corrected chi connectivity index (χ1v) is 16.2. The molecule has 0 aliphatic carbocycles. The number of azide groups is 1. The Labute approximate surface area is 302 Å². The van der Waals surface area contributed by atoms with Gasteiger partial charge in [-0.05, 0) is 71.3 Å². The van der Waals surface area contributed by atoms with E-state index in [0.717, 1.165) is 0 Å². The van der Waals surface area contributed by atoms with Crippen molar-refractivity contribution in [1.29, 1.82) is 0 Å². The predicted molar refractivity (Wildman–Crippen MR) is 180 cm³/mol. The number of carbonyl (C=O) groups is 1. The molecule has 0 saturated carbocycles. The Kier molecular flexibility index (Phi) is 11.6. The third-order valence-electron chi connectivity index (χ3n) is 7.98. The molecule has 9 nitrogen and oxygen atoms in total. The van der Waals surface area contributed by atoms with Gasteiger partial charge in [0.15, 0.2) is 11.6 Å². The molecular weight excluding hydrogens is 739 g/mol. The Morgan fingerprint density at radius 1 is 0.981 bits per heavy atom. The SMILES string of the molecule is [N-]=[N+]=Nc1ccccc1C[C@@]1(C(=O)NCc2cc(C(F)(F)F)cc(C(F)(F)F)c2)N=C(c2ccc(OCCCO)cc2)O[C@@H]1c1ccc(Cl)cc1Cl. The topological polar surface area (TPSA) is 129 Å². The number of amides is 1. The van der Waals surface area contributed by atoms with E-state index in [0.29, 0.717) is 35.4 Å². The number of ether oxygens (including phenoxy) is 2. The molecule has 0 bridgehead atoms. The highest BCUT2D eigenvalue weighted by Gasteiger charge is 2.54. The largest absolute Gasteiger partial charge is 0.494 e. The summed E-state index contributed by atoms with van der Waals surface area (Å²) in [5, 5.41) is 15.6. The molecule has 0 aromatic heterocycles. The van der Waals surface area contributed by atoms with Crippen LogP contribution in [0.5, 0.6) is 5.75 Å². The van der Waals surface area contributed by atoms with Gasteiger partial charge >= 0.3 is 12.4 Å². The highest BCUT2D eigenvalue weighted by molar-refractivity contribution is 6.35. The highest BCUT2D eigenvalue weighted by atomic mass is 35.5. The molecule has 0 radical (unpaired) electrons. The van der Waals surface area contributed by atoms with Crippen LogP contribution in [0.2, 0.25) is 10.0 Å². The zero-order valence-electron chi connectivity index (χ0n) is 26.7. The number of carbonyl (C=O) groups excluding carboxylic acids is 1. The fraction of sp³-hybridized carbons (Fsp3) is 0.257. The maximum atomic E-state index is 14.6. The summed E-state index contributed by atoms with van der Waals surface area (Å²) in [6.45, 7) is -0.590. The van der Waals surface area contributed by atoms with Crippen molar-refractivity contribution in [2.45, 2.75) is 43.4 Å². The van der Waals surface area contributed by atoms with Crippen molar-refractivity contribution >= 4 is 40.7 Å².